The van der Waals surface area contributed by atoms with Gasteiger partial charge in [0.1, 0.15) is 0 Å². The van der Waals surface area contributed by atoms with E-state index in [-0.39, 0.29) is 17.9 Å². The molecule has 1 nitrogen and oxygen atoms in total. The predicted molar refractivity (Wildman–Crippen MR) is 66.1 cm³/mol. The van der Waals surface area contributed by atoms with Gasteiger partial charge in [-0.1, -0.05) is 0 Å². The van der Waals surface area contributed by atoms with Crippen molar-refractivity contribution < 1.29 is 13.2 Å². The van der Waals surface area contributed by atoms with E-state index in [4.69, 9.17) is 0 Å². The Morgan fingerprint density at radius 3 is 2.59 bits per heavy atom. The molecule has 17 heavy (non-hydrogen) atoms. The first-order chi connectivity index (χ1) is 7.36. The van der Waals surface area contributed by atoms with Crippen molar-refractivity contribution in [3.05, 3.63) is 21.4 Å². The third kappa shape index (κ3) is 2.77. The quantitative estimate of drug-likeness (QED) is 0.830. The van der Waals surface area contributed by atoms with Gasteiger partial charge < -0.3 is 5.32 Å². The fourth-order valence-electron chi connectivity index (χ4n) is 2.15. The Kier molecular flexibility index (Phi) is 4.16. The number of hydrogen-bond donors (Lipinski definition) is 1. The molecule has 1 atom stereocenters. The van der Waals surface area contributed by atoms with Crippen LogP contribution in [0.1, 0.15) is 29.3 Å². The second kappa shape index (κ2) is 4.78. The molecule has 98 valence electrons. The standard InChI is InChI=1S/C11H14F3NS.ClH/c1-10(15-2)4-3-9-7(5-10)8(6-16-9)11(12,13)14;/h6,15H,3-5H2,1-2H3;1H. The molecule has 0 radical (unpaired) electrons. The smallest absolute Gasteiger partial charge is 0.314 e. The van der Waals surface area contributed by atoms with Crippen LogP contribution in [0, 0.1) is 0 Å². The lowest BCUT2D eigenvalue weighted by Crippen LogP contribution is -2.44. The van der Waals surface area contributed by atoms with Gasteiger partial charge in [0.05, 0.1) is 5.56 Å². The lowest BCUT2D eigenvalue weighted by molar-refractivity contribution is -0.138. The molecule has 1 aliphatic carbocycles. The number of likely N-dealkylation sites (N-methyl/N-ethyl adjacent to an activating group) is 1. The van der Waals surface area contributed by atoms with Crippen LogP contribution in [-0.2, 0) is 19.0 Å². The number of aryl methyl sites for hydroxylation is 1. The molecule has 1 aromatic heterocycles. The van der Waals surface area contributed by atoms with Crippen LogP contribution in [0.4, 0.5) is 13.2 Å². The van der Waals surface area contributed by atoms with E-state index in [1.165, 1.54) is 16.7 Å². The molecule has 2 rings (SSSR count). The Morgan fingerprint density at radius 2 is 2.06 bits per heavy atom. The first kappa shape index (κ1) is 14.8. The second-order valence-electron chi connectivity index (χ2n) is 4.54. The first-order valence-electron chi connectivity index (χ1n) is 5.21. The van der Waals surface area contributed by atoms with Crippen molar-refractivity contribution in [2.75, 3.05) is 7.05 Å². The fraction of sp³-hybridized carbons (Fsp3) is 0.636. The normalized spacial score (nSPS) is 24.1. The Bertz CT molecular complexity index is 402. The van der Waals surface area contributed by atoms with Gasteiger partial charge in [-0.15, -0.1) is 23.7 Å². The number of halogens is 4. The van der Waals surface area contributed by atoms with Crippen LogP contribution in [0.5, 0.6) is 0 Å². The van der Waals surface area contributed by atoms with Crippen molar-refractivity contribution in [3.63, 3.8) is 0 Å². The zero-order valence-corrected chi connectivity index (χ0v) is 11.3. The van der Waals surface area contributed by atoms with Crippen LogP contribution in [0.2, 0.25) is 0 Å². The molecule has 0 saturated heterocycles. The van der Waals surface area contributed by atoms with Gasteiger partial charge in [-0.2, -0.15) is 13.2 Å². The minimum atomic E-state index is -4.21. The topological polar surface area (TPSA) is 12.0 Å². The lowest BCUT2D eigenvalue weighted by Gasteiger charge is -2.34. The fourth-order valence-corrected chi connectivity index (χ4v) is 3.23. The molecular formula is C11H15ClF3NS. The van der Waals surface area contributed by atoms with Crippen molar-refractivity contribution >= 4 is 23.7 Å². The molecule has 0 amide bonds. The van der Waals surface area contributed by atoms with Gasteiger partial charge in [-0.05, 0) is 38.8 Å². The third-order valence-corrected chi connectivity index (χ3v) is 4.45. The van der Waals surface area contributed by atoms with Gasteiger partial charge in [0.25, 0.3) is 0 Å². The molecule has 1 heterocycles. The maximum Gasteiger partial charge on any atom is 0.417 e. The largest absolute Gasteiger partial charge is 0.417 e. The van der Waals surface area contributed by atoms with E-state index >= 15 is 0 Å². The van der Waals surface area contributed by atoms with Gasteiger partial charge in [-0.3, -0.25) is 0 Å². The summed E-state index contributed by atoms with van der Waals surface area (Å²) in [5.41, 5.74) is -0.136. The highest BCUT2D eigenvalue weighted by Crippen LogP contribution is 2.41. The molecule has 1 unspecified atom stereocenters. The minimum absolute atomic E-state index is 0. The van der Waals surface area contributed by atoms with Gasteiger partial charge in [0, 0.05) is 15.8 Å². The Hall–Kier alpha value is -0.260. The average Bonchev–Trinajstić information content (AvgIpc) is 2.59. The lowest BCUT2D eigenvalue weighted by atomic mass is 9.81. The molecule has 1 N–H and O–H groups in total. The highest BCUT2D eigenvalue weighted by atomic mass is 35.5. The van der Waals surface area contributed by atoms with Crippen molar-refractivity contribution in [1.29, 1.82) is 0 Å². The van der Waals surface area contributed by atoms with Crippen LogP contribution >= 0.6 is 23.7 Å². The van der Waals surface area contributed by atoms with Crippen LogP contribution in [0.25, 0.3) is 0 Å². The number of rotatable bonds is 1. The van der Waals surface area contributed by atoms with Crippen molar-refractivity contribution in [1.82, 2.24) is 5.32 Å². The summed E-state index contributed by atoms with van der Waals surface area (Å²) in [6.07, 6.45) is -2.10. The summed E-state index contributed by atoms with van der Waals surface area (Å²) in [5, 5.41) is 4.38. The molecule has 0 saturated carbocycles. The highest BCUT2D eigenvalue weighted by Gasteiger charge is 2.39. The summed E-state index contributed by atoms with van der Waals surface area (Å²) in [7, 11) is 1.81. The van der Waals surface area contributed by atoms with Crippen molar-refractivity contribution in [2.24, 2.45) is 0 Å². The maximum absolute atomic E-state index is 12.8. The highest BCUT2D eigenvalue weighted by molar-refractivity contribution is 7.10. The van der Waals surface area contributed by atoms with Crippen LogP contribution in [0.15, 0.2) is 5.38 Å². The molecule has 0 aliphatic heterocycles. The zero-order valence-electron chi connectivity index (χ0n) is 9.65. The SMILES string of the molecule is CNC1(C)CCc2scc(C(F)(F)F)c2C1.Cl. The molecule has 6 heteroatoms. The molecule has 0 spiro atoms. The summed E-state index contributed by atoms with van der Waals surface area (Å²) in [6.45, 7) is 1.98. The number of thiophene rings is 1. The molecule has 0 aromatic carbocycles. The van der Waals surface area contributed by atoms with E-state index in [2.05, 4.69) is 5.32 Å². The summed E-state index contributed by atoms with van der Waals surface area (Å²) >= 11 is 1.24. The van der Waals surface area contributed by atoms with Crippen LogP contribution in [0.3, 0.4) is 0 Å². The van der Waals surface area contributed by atoms with E-state index in [0.29, 0.717) is 12.0 Å². The van der Waals surface area contributed by atoms with E-state index in [1.807, 2.05) is 14.0 Å². The third-order valence-electron chi connectivity index (χ3n) is 3.36. The van der Waals surface area contributed by atoms with Gasteiger partial charge in [0.2, 0.25) is 0 Å². The second-order valence-corrected chi connectivity index (χ2v) is 5.50. The maximum atomic E-state index is 12.8. The summed E-state index contributed by atoms with van der Waals surface area (Å²) in [4.78, 5) is 0.903. The van der Waals surface area contributed by atoms with E-state index in [0.717, 1.165) is 17.7 Å². The Balaban J connectivity index is 0.00000144. The van der Waals surface area contributed by atoms with Crippen LogP contribution < -0.4 is 5.32 Å². The molecule has 0 fully saturated rings. The molecule has 0 bridgehead atoms. The van der Waals surface area contributed by atoms with E-state index < -0.39 is 11.7 Å². The monoisotopic (exact) mass is 285 g/mol. The van der Waals surface area contributed by atoms with Crippen molar-refractivity contribution in [3.8, 4) is 0 Å². The van der Waals surface area contributed by atoms with E-state index in [9.17, 15) is 13.2 Å². The molecule has 1 aliphatic rings. The molecule has 1 aromatic rings. The van der Waals surface area contributed by atoms with Gasteiger partial charge in [0.15, 0.2) is 0 Å². The predicted octanol–water partition coefficient (Wildman–Crippen LogP) is 3.66. The summed E-state index contributed by atoms with van der Waals surface area (Å²) < 4.78 is 38.3. The van der Waals surface area contributed by atoms with Crippen LogP contribution in [-0.4, -0.2) is 12.6 Å². The van der Waals surface area contributed by atoms with Gasteiger partial charge >= 0.3 is 6.18 Å². The summed E-state index contributed by atoms with van der Waals surface area (Å²) in [5.74, 6) is 0. The first-order valence-corrected chi connectivity index (χ1v) is 6.09. The van der Waals surface area contributed by atoms with Gasteiger partial charge in [-0.25, -0.2) is 0 Å². The summed E-state index contributed by atoms with van der Waals surface area (Å²) in [6, 6.07) is 0. The number of nitrogens with one attached hydrogen (secondary N) is 1. The average molecular weight is 286 g/mol. The Morgan fingerprint density at radius 1 is 1.41 bits per heavy atom. The zero-order chi connectivity index (χ0) is 12.0. The van der Waals surface area contributed by atoms with E-state index in [1.54, 1.807) is 0 Å². The number of fused-ring (bicyclic) bond motifs is 1. The number of hydrogen-bond acceptors (Lipinski definition) is 2. The Labute approximate surface area is 109 Å². The van der Waals surface area contributed by atoms with Crippen molar-refractivity contribution in [2.45, 2.75) is 37.9 Å². The number of alkyl halides is 3. The molecular weight excluding hydrogens is 271 g/mol. The minimum Gasteiger partial charge on any atom is -0.314 e.